The molecule has 2 aromatic heterocycles. The van der Waals surface area contributed by atoms with Crippen molar-refractivity contribution in [2.75, 3.05) is 18.0 Å². The van der Waals surface area contributed by atoms with E-state index in [4.69, 9.17) is 0 Å². The molecular formula is C21H27N5O. The van der Waals surface area contributed by atoms with Crippen LogP contribution < -0.4 is 4.90 Å². The number of benzene rings is 1. The molecule has 6 heteroatoms. The Bertz CT molecular complexity index is 900. The molecule has 1 atom stereocenters. The Morgan fingerprint density at radius 1 is 1.15 bits per heavy atom. The fourth-order valence-corrected chi connectivity index (χ4v) is 4.19. The summed E-state index contributed by atoms with van der Waals surface area (Å²) in [5.41, 5.74) is 3.14. The number of nitrogens with zero attached hydrogens (tertiary/aromatic N) is 5. The summed E-state index contributed by atoms with van der Waals surface area (Å²) in [6, 6.07) is 10.4. The molecule has 3 heterocycles. The zero-order valence-electron chi connectivity index (χ0n) is 16.0. The number of piperidine rings is 1. The van der Waals surface area contributed by atoms with E-state index in [1.807, 2.05) is 24.7 Å². The van der Waals surface area contributed by atoms with Crippen LogP contribution >= 0.6 is 0 Å². The van der Waals surface area contributed by atoms with Gasteiger partial charge in [-0.2, -0.15) is 5.10 Å². The smallest absolute Gasteiger partial charge is 0.163 e. The molecule has 0 saturated carbocycles. The van der Waals surface area contributed by atoms with Crippen molar-refractivity contribution >= 4 is 16.9 Å². The van der Waals surface area contributed by atoms with Gasteiger partial charge in [0.2, 0.25) is 0 Å². The SMILES string of the molecule is Cc1nn(C)c2ncnc(N3CCC([C@@H](O)CCc4ccccc4)CC3)c12. The maximum atomic E-state index is 10.7. The Balaban J connectivity index is 1.39. The molecule has 3 aromatic rings. The second kappa shape index (κ2) is 7.64. The van der Waals surface area contributed by atoms with Gasteiger partial charge >= 0.3 is 0 Å². The van der Waals surface area contributed by atoms with Crippen LogP contribution in [0.1, 0.15) is 30.5 Å². The van der Waals surface area contributed by atoms with Crippen LogP contribution in [0.15, 0.2) is 36.7 Å². The molecule has 0 spiro atoms. The van der Waals surface area contributed by atoms with Crippen molar-refractivity contribution in [1.82, 2.24) is 19.7 Å². The minimum absolute atomic E-state index is 0.238. The molecule has 1 N–H and O–H groups in total. The molecule has 0 radical (unpaired) electrons. The summed E-state index contributed by atoms with van der Waals surface area (Å²) in [4.78, 5) is 11.2. The van der Waals surface area contributed by atoms with Gasteiger partial charge in [0.05, 0.1) is 17.2 Å². The summed E-state index contributed by atoms with van der Waals surface area (Å²) < 4.78 is 1.82. The zero-order chi connectivity index (χ0) is 18.8. The third kappa shape index (κ3) is 3.67. The molecule has 1 aliphatic rings. The molecule has 27 heavy (non-hydrogen) atoms. The van der Waals surface area contributed by atoms with Gasteiger partial charge in [-0.05, 0) is 44.1 Å². The highest BCUT2D eigenvalue weighted by molar-refractivity contribution is 5.89. The second-order valence-electron chi connectivity index (χ2n) is 7.52. The Kier molecular flexibility index (Phi) is 5.07. The van der Waals surface area contributed by atoms with Crippen molar-refractivity contribution in [3.05, 3.63) is 47.9 Å². The van der Waals surface area contributed by atoms with Gasteiger partial charge in [0.25, 0.3) is 0 Å². The topological polar surface area (TPSA) is 67.1 Å². The number of aliphatic hydroxyl groups is 1. The number of aliphatic hydroxyl groups excluding tert-OH is 1. The monoisotopic (exact) mass is 365 g/mol. The van der Waals surface area contributed by atoms with Crippen LogP contribution in [0.3, 0.4) is 0 Å². The molecule has 0 amide bonds. The minimum atomic E-state index is -0.238. The number of fused-ring (bicyclic) bond motifs is 1. The molecule has 1 aromatic carbocycles. The number of aryl methyl sites for hydroxylation is 3. The number of aromatic nitrogens is 4. The second-order valence-corrected chi connectivity index (χ2v) is 7.52. The first kappa shape index (κ1) is 17.9. The molecular weight excluding hydrogens is 338 g/mol. The fraction of sp³-hybridized carbons (Fsp3) is 0.476. The predicted molar refractivity (Wildman–Crippen MR) is 107 cm³/mol. The van der Waals surface area contributed by atoms with E-state index < -0.39 is 0 Å². The standard InChI is InChI=1S/C21H27N5O/c1-15-19-20(25(2)24-15)22-14-23-21(19)26-12-10-17(11-13-26)18(27)9-8-16-6-4-3-5-7-16/h3-7,14,17-18,27H,8-13H2,1-2H3/t18-/m0/s1. The highest BCUT2D eigenvalue weighted by Gasteiger charge is 2.27. The van der Waals surface area contributed by atoms with Crippen molar-refractivity contribution in [2.24, 2.45) is 13.0 Å². The van der Waals surface area contributed by atoms with Crippen molar-refractivity contribution in [3.8, 4) is 0 Å². The van der Waals surface area contributed by atoms with Gasteiger partial charge in [-0.1, -0.05) is 30.3 Å². The van der Waals surface area contributed by atoms with E-state index in [1.54, 1.807) is 6.33 Å². The normalized spacial score (nSPS) is 16.8. The Hall–Kier alpha value is -2.47. The molecule has 4 rings (SSSR count). The average molecular weight is 365 g/mol. The van der Waals surface area contributed by atoms with Crippen LogP contribution in [0.25, 0.3) is 11.0 Å². The van der Waals surface area contributed by atoms with Crippen LogP contribution in [0.4, 0.5) is 5.82 Å². The molecule has 1 saturated heterocycles. The fourth-order valence-electron chi connectivity index (χ4n) is 4.19. The van der Waals surface area contributed by atoms with Gasteiger partial charge in [-0.25, -0.2) is 9.97 Å². The summed E-state index contributed by atoms with van der Waals surface area (Å²) in [5.74, 6) is 1.33. The maximum absolute atomic E-state index is 10.7. The largest absolute Gasteiger partial charge is 0.393 e. The first-order valence-electron chi connectivity index (χ1n) is 9.74. The quantitative estimate of drug-likeness (QED) is 0.753. The van der Waals surface area contributed by atoms with Crippen molar-refractivity contribution in [2.45, 2.75) is 38.7 Å². The summed E-state index contributed by atoms with van der Waals surface area (Å²) >= 11 is 0. The summed E-state index contributed by atoms with van der Waals surface area (Å²) in [6.07, 6.45) is 5.12. The average Bonchev–Trinajstić information content (AvgIpc) is 3.01. The van der Waals surface area contributed by atoms with Gasteiger partial charge in [0.1, 0.15) is 12.1 Å². The van der Waals surface area contributed by atoms with Crippen LogP contribution in [0.2, 0.25) is 0 Å². The molecule has 0 aliphatic carbocycles. The molecule has 142 valence electrons. The van der Waals surface area contributed by atoms with Gasteiger partial charge in [0.15, 0.2) is 5.65 Å². The van der Waals surface area contributed by atoms with Gasteiger partial charge in [-0.3, -0.25) is 4.68 Å². The van der Waals surface area contributed by atoms with E-state index in [1.165, 1.54) is 5.56 Å². The molecule has 0 unspecified atom stereocenters. The first-order valence-corrected chi connectivity index (χ1v) is 9.74. The number of hydrogen-bond acceptors (Lipinski definition) is 5. The van der Waals surface area contributed by atoms with Crippen molar-refractivity contribution in [3.63, 3.8) is 0 Å². The summed E-state index contributed by atoms with van der Waals surface area (Å²) in [5, 5.41) is 16.2. The first-order chi connectivity index (χ1) is 13.1. The van der Waals surface area contributed by atoms with Crippen LogP contribution in [0, 0.1) is 12.8 Å². The Morgan fingerprint density at radius 2 is 1.89 bits per heavy atom. The lowest BCUT2D eigenvalue weighted by Crippen LogP contribution is -2.38. The summed E-state index contributed by atoms with van der Waals surface area (Å²) in [6.45, 7) is 3.83. The molecule has 1 fully saturated rings. The minimum Gasteiger partial charge on any atom is -0.393 e. The number of hydrogen-bond donors (Lipinski definition) is 1. The predicted octanol–water partition coefficient (Wildman–Crippen LogP) is 2.88. The van der Waals surface area contributed by atoms with Gasteiger partial charge < -0.3 is 10.0 Å². The van der Waals surface area contributed by atoms with Crippen molar-refractivity contribution < 1.29 is 5.11 Å². The van der Waals surface area contributed by atoms with E-state index in [2.05, 4.69) is 44.2 Å². The molecule has 1 aliphatic heterocycles. The van der Waals surface area contributed by atoms with E-state index in [-0.39, 0.29) is 6.10 Å². The molecule has 6 nitrogen and oxygen atoms in total. The lowest BCUT2D eigenvalue weighted by molar-refractivity contribution is 0.0850. The number of anilines is 1. The van der Waals surface area contributed by atoms with E-state index in [0.29, 0.717) is 5.92 Å². The van der Waals surface area contributed by atoms with E-state index in [0.717, 1.165) is 61.3 Å². The third-order valence-electron chi connectivity index (χ3n) is 5.73. The lowest BCUT2D eigenvalue weighted by atomic mass is 9.88. The zero-order valence-corrected chi connectivity index (χ0v) is 16.0. The van der Waals surface area contributed by atoms with E-state index in [9.17, 15) is 5.11 Å². The van der Waals surface area contributed by atoms with E-state index >= 15 is 0 Å². The van der Waals surface area contributed by atoms with Gasteiger partial charge in [-0.15, -0.1) is 0 Å². The van der Waals surface area contributed by atoms with Gasteiger partial charge in [0, 0.05) is 20.1 Å². The highest BCUT2D eigenvalue weighted by Crippen LogP contribution is 2.30. The summed E-state index contributed by atoms with van der Waals surface area (Å²) in [7, 11) is 1.92. The van der Waals surface area contributed by atoms with Crippen LogP contribution in [-0.2, 0) is 13.5 Å². The van der Waals surface area contributed by atoms with Crippen LogP contribution in [0.5, 0.6) is 0 Å². The number of rotatable bonds is 5. The Morgan fingerprint density at radius 3 is 2.63 bits per heavy atom. The lowest BCUT2D eigenvalue weighted by Gasteiger charge is -2.35. The third-order valence-corrected chi connectivity index (χ3v) is 5.73. The molecule has 0 bridgehead atoms. The maximum Gasteiger partial charge on any atom is 0.163 e. The Labute approximate surface area is 159 Å². The van der Waals surface area contributed by atoms with Crippen molar-refractivity contribution in [1.29, 1.82) is 0 Å². The van der Waals surface area contributed by atoms with Crippen LogP contribution in [-0.4, -0.2) is 44.0 Å². The highest BCUT2D eigenvalue weighted by atomic mass is 16.3.